The number of aromatic nitrogens is 2. The number of nitrogens with zero attached hydrogens (tertiary/aromatic N) is 7. The molecule has 0 saturated carbocycles. The molecule has 1 aromatic carbocycles. The predicted octanol–water partition coefficient (Wildman–Crippen LogP) is 2.06. The van der Waals surface area contributed by atoms with Crippen LogP contribution in [0.3, 0.4) is 0 Å². The summed E-state index contributed by atoms with van der Waals surface area (Å²) in [5, 5.41) is 0.773. The number of urea groups is 1. The van der Waals surface area contributed by atoms with Crippen LogP contribution in [-0.4, -0.2) is 83.9 Å². The highest BCUT2D eigenvalue weighted by molar-refractivity contribution is 6.30. The van der Waals surface area contributed by atoms with Crippen LogP contribution >= 0.6 is 11.6 Å². The van der Waals surface area contributed by atoms with Crippen LogP contribution in [0.15, 0.2) is 35.5 Å². The zero-order valence-electron chi connectivity index (χ0n) is 19.2. The van der Waals surface area contributed by atoms with Gasteiger partial charge in [-0.2, -0.15) is 0 Å². The van der Waals surface area contributed by atoms with E-state index in [0.29, 0.717) is 5.84 Å². The first kappa shape index (κ1) is 21.9. The fraction of sp³-hybridized carbons (Fsp3) is 0.478. The van der Waals surface area contributed by atoms with Gasteiger partial charge in [-0.25, -0.2) is 13.9 Å². The molecule has 4 heterocycles. The molecule has 10 heteroatoms. The second-order valence-corrected chi connectivity index (χ2v) is 9.34. The molecule has 1 atom stereocenters. The van der Waals surface area contributed by atoms with Gasteiger partial charge in [0.15, 0.2) is 0 Å². The average molecular weight is 471 g/mol. The number of aryl methyl sites for hydroxylation is 1. The molecular formula is C23H29ClN7O2+. The number of amidine groups is 1. The van der Waals surface area contributed by atoms with Gasteiger partial charge in [0.25, 0.3) is 5.91 Å². The molecule has 3 amide bonds. The first-order valence-corrected chi connectivity index (χ1v) is 11.7. The molecule has 2 saturated heterocycles. The summed E-state index contributed by atoms with van der Waals surface area (Å²) in [6.45, 7) is 7.85. The molecule has 33 heavy (non-hydrogen) atoms. The largest absolute Gasteiger partial charge is 0.401 e. The van der Waals surface area contributed by atoms with Gasteiger partial charge in [-0.3, -0.25) is 19.5 Å². The number of amides is 3. The molecule has 1 unspecified atom stereocenters. The van der Waals surface area contributed by atoms with Gasteiger partial charge in [-0.05, 0) is 31.5 Å². The van der Waals surface area contributed by atoms with Crippen LogP contribution in [-0.2, 0) is 11.3 Å². The molecule has 2 aromatic rings. The number of hydrogen-bond donors (Lipinski definition) is 0. The number of rotatable bonds is 5. The van der Waals surface area contributed by atoms with E-state index in [0.717, 1.165) is 62.4 Å². The number of halogens is 1. The Morgan fingerprint density at radius 2 is 1.85 bits per heavy atom. The van der Waals surface area contributed by atoms with E-state index in [2.05, 4.69) is 20.4 Å². The minimum atomic E-state index is -0.563. The molecule has 0 spiro atoms. The maximum absolute atomic E-state index is 12.8. The lowest BCUT2D eigenvalue weighted by Gasteiger charge is -2.36. The molecular weight excluding hydrogens is 442 g/mol. The summed E-state index contributed by atoms with van der Waals surface area (Å²) >= 11 is 6.14. The Hall–Kier alpha value is -2.91. The zero-order valence-corrected chi connectivity index (χ0v) is 20.0. The Labute approximate surface area is 198 Å². The maximum Gasteiger partial charge on any atom is 0.401 e. The zero-order chi connectivity index (χ0) is 23.3. The number of imide groups is 1. The van der Waals surface area contributed by atoms with Gasteiger partial charge in [-0.1, -0.05) is 22.7 Å². The second kappa shape index (κ2) is 8.46. The van der Waals surface area contributed by atoms with Crippen molar-refractivity contribution in [1.29, 1.82) is 0 Å². The molecule has 3 aliphatic rings. The molecule has 0 aliphatic carbocycles. The van der Waals surface area contributed by atoms with Gasteiger partial charge in [0.2, 0.25) is 11.9 Å². The molecule has 3 aliphatic heterocycles. The highest BCUT2D eigenvalue weighted by atomic mass is 35.5. The molecule has 0 bridgehead atoms. The second-order valence-electron chi connectivity index (χ2n) is 8.90. The van der Waals surface area contributed by atoms with E-state index in [1.54, 1.807) is 7.05 Å². The van der Waals surface area contributed by atoms with Gasteiger partial charge >= 0.3 is 12.0 Å². The number of fused-ring (bicyclic) bond motifs is 3. The van der Waals surface area contributed by atoms with Crippen molar-refractivity contribution >= 4 is 41.0 Å². The van der Waals surface area contributed by atoms with Gasteiger partial charge < -0.3 is 4.90 Å². The normalized spacial score (nSPS) is 20.9. The van der Waals surface area contributed by atoms with Crippen molar-refractivity contribution in [1.82, 2.24) is 19.3 Å². The van der Waals surface area contributed by atoms with Crippen LogP contribution < -0.4 is 9.47 Å². The summed E-state index contributed by atoms with van der Waals surface area (Å²) in [4.78, 5) is 37.3. The Bertz CT molecular complexity index is 1140. The first-order valence-electron chi connectivity index (χ1n) is 11.3. The molecule has 0 N–H and O–H groups in total. The smallest absolute Gasteiger partial charge is 0.369 e. The highest BCUT2D eigenvalue weighted by Gasteiger charge is 2.52. The number of piperazine rings is 1. The van der Waals surface area contributed by atoms with Crippen molar-refractivity contribution in [2.45, 2.75) is 25.9 Å². The van der Waals surface area contributed by atoms with E-state index in [-0.39, 0.29) is 11.9 Å². The van der Waals surface area contributed by atoms with Crippen LogP contribution in [0.5, 0.6) is 0 Å². The fourth-order valence-electron chi connectivity index (χ4n) is 4.94. The van der Waals surface area contributed by atoms with E-state index < -0.39 is 6.04 Å². The monoisotopic (exact) mass is 470 g/mol. The van der Waals surface area contributed by atoms with Gasteiger partial charge in [0.05, 0.1) is 6.54 Å². The van der Waals surface area contributed by atoms with Crippen molar-refractivity contribution in [2.24, 2.45) is 4.99 Å². The van der Waals surface area contributed by atoms with Crippen LogP contribution in [0.2, 0.25) is 5.02 Å². The summed E-state index contributed by atoms with van der Waals surface area (Å²) in [6.07, 6.45) is 2.95. The summed E-state index contributed by atoms with van der Waals surface area (Å²) < 4.78 is 4.05. The van der Waals surface area contributed by atoms with Crippen molar-refractivity contribution in [3.05, 3.63) is 41.2 Å². The number of likely N-dealkylation sites (N-methyl/N-ethyl adjacent to an activating group) is 2. The van der Waals surface area contributed by atoms with Crippen molar-refractivity contribution in [3.63, 3.8) is 0 Å². The number of imidazole rings is 1. The molecule has 5 rings (SSSR count). The van der Waals surface area contributed by atoms with Crippen molar-refractivity contribution < 1.29 is 14.2 Å². The number of carbonyl (C=O) groups excluding carboxylic acids is 2. The predicted molar refractivity (Wildman–Crippen MR) is 126 cm³/mol. The summed E-state index contributed by atoms with van der Waals surface area (Å²) in [6, 6.07) is 7.13. The van der Waals surface area contributed by atoms with Gasteiger partial charge in [0, 0.05) is 57.5 Å². The minimum absolute atomic E-state index is 0.240. The number of hydrogen-bond acceptors (Lipinski definition) is 5. The lowest BCUT2D eigenvalue weighted by Crippen LogP contribution is -2.61. The average Bonchev–Trinajstić information content (AvgIpc) is 3.32. The van der Waals surface area contributed by atoms with Gasteiger partial charge in [-0.15, -0.1) is 0 Å². The van der Waals surface area contributed by atoms with E-state index in [9.17, 15) is 9.59 Å². The van der Waals surface area contributed by atoms with E-state index in [1.165, 1.54) is 22.5 Å². The summed E-state index contributed by atoms with van der Waals surface area (Å²) in [7, 11) is 3.19. The molecule has 0 radical (unpaired) electrons. The quantitative estimate of drug-likeness (QED) is 0.627. The van der Waals surface area contributed by atoms with Crippen LogP contribution in [0, 0.1) is 6.92 Å². The lowest BCUT2D eigenvalue weighted by molar-refractivity contribution is -0.677. The third kappa shape index (κ3) is 3.79. The first-order chi connectivity index (χ1) is 15.8. The summed E-state index contributed by atoms with van der Waals surface area (Å²) in [5.41, 5.74) is 2.25. The van der Waals surface area contributed by atoms with Crippen LogP contribution in [0.4, 0.5) is 16.4 Å². The number of anilines is 1. The number of carbonyl (C=O) groups is 2. The van der Waals surface area contributed by atoms with E-state index in [4.69, 9.17) is 16.6 Å². The Morgan fingerprint density at radius 1 is 1.09 bits per heavy atom. The molecule has 1 aromatic heterocycles. The van der Waals surface area contributed by atoms with Crippen LogP contribution in [0.1, 0.15) is 18.2 Å². The lowest BCUT2D eigenvalue weighted by atomic mass is 10.2. The summed E-state index contributed by atoms with van der Waals surface area (Å²) in [5.74, 6) is 1.00. The maximum atomic E-state index is 12.8. The van der Waals surface area contributed by atoms with Crippen LogP contribution in [0.25, 0.3) is 0 Å². The number of benzene rings is 1. The Balaban J connectivity index is 1.21. The molecule has 2 fully saturated rings. The van der Waals surface area contributed by atoms with Gasteiger partial charge in [0.1, 0.15) is 11.9 Å². The van der Waals surface area contributed by atoms with Crippen molar-refractivity contribution in [2.75, 3.05) is 51.7 Å². The third-order valence-corrected chi connectivity index (χ3v) is 7.08. The third-order valence-electron chi connectivity index (χ3n) is 6.85. The SMILES string of the molecule is Cc1c[n+]2c(n1CCCN1CCN(c3cccc(Cl)c3)CC1)N=C1C2C(=O)N(C)C(=O)N1C. The molecule has 9 nitrogen and oxygen atoms in total. The van der Waals surface area contributed by atoms with Crippen molar-refractivity contribution in [3.8, 4) is 0 Å². The fourth-order valence-corrected chi connectivity index (χ4v) is 5.13. The standard InChI is InChI=1S/C23H29ClN7O2/c1-16-15-31-19-20(26(2)23(33)27(3)21(19)32)25-22(31)30(16)9-5-8-28-10-12-29(13-11-28)18-7-4-6-17(24)14-18/h4,6-7,14-15,19H,5,8-13H2,1-3H3/q+1. The van der Waals surface area contributed by atoms with E-state index in [1.807, 2.05) is 35.9 Å². The minimum Gasteiger partial charge on any atom is -0.369 e. The number of aliphatic imine (C=N–C) groups is 1. The Kier molecular flexibility index (Phi) is 5.62. The van der Waals surface area contributed by atoms with E-state index >= 15 is 0 Å². The topological polar surface area (TPSA) is 68.3 Å². The highest BCUT2D eigenvalue weighted by Crippen LogP contribution is 2.29. The molecule has 174 valence electrons. The Morgan fingerprint density at radius 3 is 2.58 bits per heavy atom.